The van der Waals surface area contributed by atoms with Gasteiger partial charge in [-0.1, -0.05) is 45.0 Å². The molecule has 2 saturated heterocycles. The average molecular weight is 475 g/mol. The molecular formula is C28H38N6O. The highest BCUT2D eigenvalue weighted by atomic mass is 16.2. The first kappa shape index (κ1) is 25.1. The number of hydrogen-bond donors (Lipinski definition) is 1. The predicted molar refractivity (Wildman–Crippen MR) is 138 cm³/mol. The van der Waals surface area contributed by atoms with Crippen molar-refractivity contribution in [2.24, 2.45) is 5.92 Å². The topological polar surface area (TPSA) is 85.2 Å². The van der Waals surface area contributed by atoms with Gasteiger partial charge >= 0.3 is 0 Å². The SMILES string of the molecule is Cc1c(NCc2ccc(C(C)(C)C)cc2)ncnc1C(=O)N1CCC(N2CCC(C#N)CC2)CC1. The first-order chi connectivity index (χ1) is 16.8. The number of carbonyl (C=O) groups is 1. The highest BCUT2D eigenvalue weighted by Gasteiger charge is 2.31. The van der Waals surface area contributed by atoms with Gasteiger partial charge in [-0.25, -0.2) is 9.97 Å². The van der Waals surface area contributed by atoms with E-state index in [4.69, 9.17) is 5.26 Å². The van der Waals surface area contributed by atoms with Crippen LogP contribution in [0.3, 0.4) is 0 Å². The van der Waals surface area contributed by atoms with Crippen LogP contribution in [0.15, 0.2) is 30.6 Å². The van der Waals surface area contributed by atoms with Crippen molar-refractivity contribution in [1.82, 2.24) is 19.8 Å². The lowest BCUT2D eigenvalue weighted by atomic mass is 9.87. The molecule has 0 saturated carbocycles. The van der Waals surface area contributed by atoms with Gasteiger partial charge in [0.25, 0.3) is 5.91 Å². The largest absolute Gasteiger partial charge is 0.366 e. The second-order valence-electron chi connectivity index (χ2n) is 11.0. The third-order valence-electron chi connectivity index (χ3n) is 7.55. The van der Waals surface area contributed by atoms with Crippen LogP contribution >= 0.6 is 0 Å². The molecule has 2 aromatic rings. The molecule has 0 spiro atoms. The van der Waals surface area contributed by atoms with Gasteiger partial charge in [0, 0.05) is 37.2 Å². The molecule has 35 heavy (non-hydrogen) atoms. The van der Waals surface area contributed by atoms with E-state index in [1.807, 2.05) is 11.8 Å². The second kappa shape index (κ2) is 10.7. The molecule has 186 valence electrons. The summed E-state index contributed by atoms with van der Waals surface area (Å²) in [6.07, 6.45) is 5.36. The van der Waals surface area contributed by atoms with Crippen molar-refractivity contribution in [3.05, 3.63) is 53.0 Å². The summed E-state index contributed by atoms with van der Waals surface area (Å²) < 4.78 is 0. The van der Waals surface area contributed by atoms with Gasteiger partial charge in [-0.15, -0.1) is 0 Å². The number of nitriles is 1. The molecule has 2 aliphatic heterocycles. The zero-order valence-electron chi connectivity index (χ0n) is 21.5. The van der Waals surface area contributed by atoms with E-state index in [2.05, 4.69) is 71.3 Å². The Morgan fingerprint density at radius 3 is 2.31 bits per heavy atom. The Morgan fingerprint density at radius 1 is 1.06 bits per heavy atom. The Morgan fingerprint density at radius 2 is 1.71 bits per heavy atom. The zero-order chi connectivity index (χ0) is 25.0. The number of benzene rings is 1. The standard InChI is InChI=1S/C28H38N6O/c1-20-25(27(35)34-15-11-24(12-16-34)33-13-9-21(17-29)10-14-33)31-19-32-26(20)30-18-22-5-7-23(8-6-22)28(2,3)4/h5-8,19,21,24H,9-16,18H2,1-4H3,(H,30,31,32). The van der Waals surface area contributed by atoms with E-state index in [1.165, 1.54) is 17.5 Å². The first-order valence-electron chi connectivity index (χ1n) is 12.8. The molecule has 4 rings (SSSR count). The second-order valence-corrected chi connectivity index (χ2v) is 11.0. The van der Waals surface area contributed by atoms with Crippen LogP contribution in [0, 0.1) is 24.2 Å². The number of amides is 1. The van der Waals surface area contributed by atoms with E-state index in [9.17, 15) is 4.79 Å². The summed E-state index contributed by atoms with van der Waals surface area (Å²) in [6, 6.07) is 11.5. The number of aromatic nitrogens is 2. The summed E-state index contributed by atoms with van der Waals surface area (Å²) in [4.78, 5) is 26.5. The molecule has 0 atom stereocenters. The minimum absolute atomic E-state index is 0.0101. The van der Waals surface area contributed by atoms with Crippen LogP contribution in [-0.2, 0) is 12.0 Å². The third-order valence-corrected chi connectivity index (χ3v) is 7.55. The van der Waals surface area contributed by atoms with Crippen LogP contribution in [0.25, 0.3) is 0 Å². The number of anilines is 1. The zero-order valence-corrected chi connectivity index (χ0v) is 21.5. The lowest BCUT2D eigenvalue weighted by Crippen LogP contribution is -2.49. The maximum absolute atomic E-state index is 13.3. The van der Waals surface area contributed by atoms with E-state index in [0.717, 1.165) is 57.4 Å². The summed E-state index contributed by atoms with van der Waals surface area (Å²) in [5.74, 6) is 0.905. The smallest absolute Gasteiger partial charge is 0.272 e. The molecule has 2 aliphatic rings. The molecule has 0 bridgehead atoms. The fourth-order valence-electron chi connectivity index (χ4n) is 5.13. The van der Waals surface area contributed by atoms with Crippen molar-refractivity contribution in [2.75, 3.05) is 31.5 Å². The van der Waals surface area contributed by atoms with Gasteiger partial charge in [0.05, 0.1) is 6.07 Å². The van der Waals surface area contributed by atoms with Gasteiger partial charge in [-0.05, 0) is 62.2 Å². The van der Waals surface area contributed by atoms with Crippen LogP contribution in [0.2, 0.25) is 0 Å². The summed E-state index contributed by atoms with van der Waals surface area (Å²) in [5.41, 5.74) is 3.89. The van der Waals surface area contributed by atoms with E-state index < -0.39 is 0 Å². The van der Waals surface area contributed by atoms with E-state index in [0.29, 0.717) is 24.1 Å². The number of carbonyl (C=O) groups excluding carboxylic acids is 1. The van der Waals surface area contributed by atoms with E-state index >= 15 is 0 Å². The summed E-state index contributed by atoms with van der Waals surface area (Å²) in [7, 11) is 0. The van der Waals surface area contributed by atoms with Crippen molar-refractivity contribution in [3.63, 3.8) is 0 Å². The normalized spacial score (nSPS) is 18.3. The number of rotatable bonds is 5. The fraction of sp³-hybridized carbons (Fsp3) is 0.571. The molecular weight excluding hydrogens is 436 g/mol. The molecule has 7 heteroatoms. The lowest BCUT2D eigenvalue weighted by Gasteiger charge is -2.41. The first-order valence-corrected chi connectivity index (χ1v) is 12.8. The third kappa shape index (κ3) is 5.99. The summed E-state index contributed by atoms with van der Waals surface area (Å²) in [6.45, 7) is 12.7. The number of nitrogens with zero attached hydrogens (tertiary/aromatic N) is 5. The molecule has 1 aromatic carbocycles. The molecule has 1 aromatic heterocycles. The van der Waals surface area contributed by atoms with Crippen LogP contribution in [0.5, 0.6) is 0 Å². The maximum Gasteiger partial charge on any atom is 0.272 e. The van der Waals surface area contributed by atoms with Crippen molar-refractivity contribution < 1.29 is 4.79 Å². The van der Waals surface area contributed by atoms with Gasteiger partial charge < -0.3 is 15.1 Å². The minimum Gasteiger partial charge on any atom is -0.366 e. The Kier molecular flexibility index (Phi) is 7.71. The van der Waals surface area contributed by atoms with Crippen molar-refractivity contribution in [1.29, 1.82) is 5.26 Å². The Labute approximate surface area is 209 Å². The average Bonchev–Trinajstić information content (AvgIpc) is 2.87. The minimum atomic E-state index is -0.0101. The highest BCUT2D eigenvalue weighted by Crippen LogP contribution is 2.26. The van der Waals surface area contributed by atoms with Crippen LogP contribution in [0.1, 0.15) is 73.6 Å². The van der Waals surface area contributed by atoms with Crippen molar-refractivity contribution in [3.8, 4) is 6.07 Å². The maximum atomic E-state index is 13.3. The lowest BCUT2D eigenvalue weighted by molar-refractivity contribution is 0.0566. The van der Waals surface area contributed by atoms with E-state index in [1.54, 1.807) is 0 Å². The van der Waals surface area contributed by atoms with Gasteiger partial charge in [0.15, 0.2) is 0 Å². The van der Waals surface area contributed by atoms with Crippen molar-refractivity contribution in [2.45, 2.75) is 71.4 Å². The van der Waals surface area contributed by atoms with Crippen LogP contribution in [-0.4, -0.2) is 57.9 Å². The Hall–Kier alpha value is -2.98. The van der Waals surface area contributed by atoms with Crippen LogP contribution < -0.4 is 5.32 Å². The van der Waals surface area contributed by atoms with Crippen LogP contribution in [0.4, 0.5) is 5.82 Å². The highest BCUT2D eigenvalue weighted by molar-refractivity contribution is 5.94. The molecule has 1 N–H and O–H groups in total. The van der Waals surface area contributed by atoms with E-state index in [-0.39, 0.29) is 17.2 Å². The molecule has 0 radical (unpaired) electrons. The summed E-state index contributed by atoms with van der Waals surface area (Å²) >= 11 is 0. The van der Waals surface area contributed by atoms with Gasteiger partial charge in [-0.2, -0.15) is 5.26 Å². The van der Waals surface area contributed by atoms with Crippen molar-refractivity contribution >= 4 is 11.7 Å². The summed E-state index contributed by atoms with van der Waals surface area (Å²) in [5, 5.41) is 12.5. The molecule has 1 amide bonds. The molecule has 0 unspecified atom stereocenters. The van der Waals surface area contributed by atoms with Gasteiger partial charge in [0.1, 0.15) is 17.8 Å². The van der Waals surface area contributed by atoms with Gasteiger partial charge in [-0.3, -0.25) is 4.79 Å². The number of likely N-dealkylation sites (tertiary alicyclic amines) is 2. The fourth-order valence-corrected chi connectivity index (χ4v) is 5.13. The monoisotopic (exact) mass is 474 g/mol. The number of hydrogen-bond acceptors (Lipinski definition) is 6. The predicted octanol–water partition coefficient (Wildman–Crippen LogP) is 4.53. The number of piperidine rings is 2. The molecule has 0 aliphatic carbocycles. The quantitative estimate of drug-likeness (QED) is 0.685. The van der Waals surface area contributed by atoms with Gasteiger partial charge in [0.2, 0.25) is 0 Å². The molecule has 2 fully saturated rings. The Bertz CT molecular complexity index is 1050. The Balaban J connectivity index is 1.33. The molecule has 3 heterocycles. The molecule has 7 nitrogen and oxygen atoms in total. The number of nitrogens with one attached hydrogen (secondary N) is 1.